The second-order valence-electron chi connectivity index (χ2n) is 13.8. The molecule has 4 rings (SSSR count). The van der Waals surface area contributed by atoms with E-state index < -0.39 is 20.5 Å². The van der Waals surface area contributed by atoms with E-state index >= 15 is 0 Å². The van der Waals surface area contributed by atoms with Crippen LogP contribution in [-0.2, 0) is 29.9 Å². The van der Waals surface area contributed by atoms with Gasteiger partial charge in [0, 0.05) is 6.61 Å². The van der Waals surface area contributed by atoms with E-state index in [0.717, 1.165) is 36.9 Å². The Labute approximate surface area is 324 Å². The number of ether oxygens (including phenoxy) is 3. The Morgan fingerprint density at radius 2 is 1.61 bits per heavy atom. The third-order valence-corrected chi connectivity index (χ3v) is 10.2. The van der Waals surface area contributed by atoms with E-state index in [1.54, 1.807) is 10.6 Å². The van der Waals surface area contributed by atoms with Gasteiger partial charge in [-0.2, -0.15) is 10.4 Å². The van der Waals surface area contributed by atoms with E-state index in [-0.39, 0.29) is 44.2 Å². The third-order valence-electron chi connectivity index (χ3n) is 9.46. The molecule has 13 heteroatoms. The maximum absolute atomic E-state index is 14.0. The lowest BCUT2D eigenvalue weighted by Gasteiger charge is -2.20. The van der Waals surface area contributed by atoms with Crippen molar-refractivity contribution in [2.24, 2.45) is 0 Å². The molecule has 1 aliphatic rings. The molecule has 1 saturated heterocycles. The van der Waals surface area contributed by atoms with E-state index in [4.69, 9.17) is 29.0 Å². The van der Waals surface area contributed by atoms with Crippen molar-refractivity contribution in [1.82, 2.24) is 14.6 Å². The summed E-state index contributed by atoms with van der Waals surface area (Å²) in [7, 11) is -2.20. The summed E-state index contributed by atoms with van der Waals surface area (Å²) in [6.45, 7) is 7.36. The SMILES string of the molecule is CC.CCCCCCCCCCCCCCCCCOCC(COP(O)OCC1CCC(c2ccc3c(N)ncnn23)O1)OCc1cc(F)cc(C#N)c1. The van der Waals surface area contributed by atoms with Crippen LogP contribution in [0, 0.1) is 17.1 Å². The van der Waals surface area contributed by atoms with Gasteiger partial charge in [-0.05, 0) is 55.2 Å². The number of rotatable bonds is 28. The Bertz CT molecular complexity index is 1480. The van der Waals surface area contributed by atoms with Crippen LogP contribution in [-0.4, -0.2) is 58.1 Å². The maximum Gasteiger partial charge on any atom is 0.330 e. The molecule has 0 spiro atoms. The molecular weight excluding hydrogens is 708 g/mol. The fourth-order valence-electron chi connectivity index (χ4n) is 6.54. The van der Waals surface area contributed by atoms with Crippen molar-refractivity contribution >= 4 is 19.9 Å². The molecule has 302 valence electrons. The first kappa shape index (κ1) is 45.6. The summed E-state index contributed by atoms with van der Waals surface area (Å²) in [5, 5.41) is 13.5. The summed E-state index contributed by atoms with van der Waals surface area (Å²) < 4.78 is 45.2. The molecular formula is C41H65FN5O6P. The number of aromatic nitrogens is 3. The molecule has 1 aromatic carbocycles. The number of halogens is 1. The van der Waals surface area contributed by atoms with Crippen molar-refractivity contribution < 1.29 is 32.5 Å². The normalized spacial score (nSPS) is 16.6. The number of anilines is 1. The van der Waals surface area contributed by atoms with E-state index in [1.165, 1.54) is 102 Å². The molecule has 54 heavy (non-hydrogen) atoms. The third kappa shape index (κ3) is 17.4. The summed E-state index contributed by atoms with van der Waals surface area (Å²) in [5.74, 6) is -0.0937. The minimum absolute atomic E-state index is 0.0207. The zero-order chi connectivity index (χ0) is 38.8. The quantitative estimate of drug-likeness (QED) is 0.0540. The first-order chi connectivity index (χ1) is 26.5. The lowest BCUT2D eigenvalue weighted by molar-refractivity contribution is -0.0493. The van der Waals surface area contributed by atoms with Crippen LogP contribution in [0.2, 0.25) is 0 Å². The number of unbranched alkanes of at least 4 members (excludes halogenated alkanes) is 14. The molecule has 3 heterocycles. The molecule has 1 aliphatic heterocycles. The largest absolute Gasteiger partial charge is 0.382 e. The average molecular weight is 774 g/mol. The highest BCUT2D eigenvalue weighted by atomic mass is 31.2. The van der Waals surface area contributed by atoms with Crippen molar-refractivity contribution in [2.45, 2.75) is 155 Å². The van der Waals surface area contributed by atoms with Crippen LogP contribution < -0.4 is 5.73 Å². The van der Waals surface area contributed by atoms with Crippen LogP contribution in [0.15, 0.2) is 36.7 Å². The van der Waals surface area contributed by atoms with Crippen LogP contribution in [0.5, 0.6) is 0 Å². The zero-order valence-electron chi connectivity index (χ0n) is 32.9. The fourth-order valence-corrected chi connectivity index (χ4v) is 7.20. The van der Waals surface area contributed by atoms with Gasteiger partial charge in [0.25, 0.3) is 0 Å². The average Bonchev–Trinajstić information content (AvgIpc) is 3.84. The number of nitrogens with two attached hydrogens (primary N) is 1. The fraction of sp³-hybridized carbons (Fsp3) is 0.683. The number of nitrogens with zero attached hydrogens (tertiary/aromatic N) is 4. The second-order valence-corrected chi connectivity index (χ2v) is 14.8. The van der Waals surface area contributed by atoms with Crippen LogP contribution in [0.25, 0.3) is 5.52 Å². The summed E-state index contributed by atoms with van der Waals surface area (Å²) in [6.07, 6.45) is 21.5. The van der Waals surface area contributed by atoms with Crippen molar-refractivity contribution in [1.29, 1.82) is 5.26 Å². The monoisotopic (exact) mass is 773 g/mol. The molecule has 0 bridgehead atoms. The van der Waals surface area contributed by atoms with Gasteiger partial charge in [0.15, 0.2) is 5.82 Å². The van der Waals surface area contributed by atoms with Crippen LogP contribution >= 0.6 is 8.60 Å². The van der Waals surface area contributed by atoms with E-state index in [2.05, 4.69) is 17.0 Å². The Morgan fingerprint density at radius 3 is 2.28 bits per heavy atom. The van der Waals surface area contributed by atoms with Gasteiger partial charge in [-0.25, -0.2) is 13.9 Å². The molecule has 4 atom stereocenters. The molecule has 0 radical (unpaired) electrons. The molecule has 0 saturated carbocycles. The number of hydrogen-bond acceptors (Lipinski definition) is 10. The minimum Gasteiger partial charge on any atom is -0.382 e. The Balaban J connectivity index is 0.00000385. The zero-order valence-corrected chi connectivity index (χ0v) is 33.8. The summed E-state index contributed by atoms with van der Waals surface area (Å²) in [4.78, 5) is 14.6. The number of nitriles is 1. The van der Waals surface area contributed by atoms with E-state index in [0.29, 0.717) is 18.0 Å². The van der Waals surface area contributed by atoms with Gasteiger partial charge in [-0.1, -0.05) is 111 Å². The van der Waals surface area contributed by atoms with Crippen molar-refractivity contribution in [2.75, 3.05) is 32.2 Å². The first-order valence-electron chi connectivity index (χ1n) is 20.3. The highest BCUT2D eigenvalue weighted by molar-refractivity contribution is 7.40. The smallest absolute Gasteiger partial charge is 0.330 e. The molecule has 3 aromatic rings. The van der Waals surface area contributed by atoms with Crippen LogP contribution in [0.1, 0.15) is 153 Å². The molecule has 11 nitrogen and oxygen atoms in total. The van der Waals surface area contributed by atoms with Crippen LogP contribution in [0.3, 0.4) is 0 Å². The van der Waals surface area contributed by atoms with E-state index in [1.807, 2.05) is 32.0 Å². The second kappa shape index (κ2) is 27.8. The molecule has 4 unspecified atom stereocenters. The molecule has 0 aliphatic carbocycles. The topological polar surface area (TPSA) is 146 Å². The Kier molecular flexibility index (Phi) is 23.5. The highest BCUT2D eigenvalue weighted by Crippen LogP contribution is 2.38. The van der Waals surface area contributed by atoms with Crippen molar-refractivity contribution in [3.8, 4) is 6.07 Å². The lowest BCUT2D eigenvalue weighted by Crippen LogP contribution is -2.25. The van der Waals surface area contributed by atoms with Crippen molar-refractivity contribution in [3.63, 3.8) is 0 Å². The first-order valence-corrected chi connectivity index (χ1v) is 21.5. The maximum atomic E-state index is 14.0. The summed E-state index contributed by atoms with van der Waals surface area (Å²) in [5.41, 5.74) is 8.34. The predicted molar refractivity (Wildman–Crippen MR) is 212 cm³/mol. The van der Waals surface area contributed by atoms with Crippen molar-refractivity contribution in [3.05, 3.63) is 59.3 Å². The van der Waals surface area contributed by atoms with Gasteiger partial charge >= 0.3 is 8.60 Å². The minimum atomic E-state index is -2.20. The van der Waals surface area contributed by atoms with Crippen LogP contribution in [0.4, 0.5) is 10.2 Å². The number of nitrogen functional groups attached to an aromatic ring is 1. The number of benzene rings is 1. The van der Waals surface area contributed by atoms with Gasteiger partial charge in [-0.3, -0.25) is 0 Å². The van der Waals surface area contributed by atoms with Gasteiger partial charge in [0.1, 0.15) is 29.9 Å². The van der Waals surface area contributed by atoms with Gasteiger partial charge in [0.2, 0.25) is 0 Å². The lowest BCUT2D eigenvalue weighted by atomic mass is 10.0. The summed E-state index contributed by atoms with van der Waals surface area (Å²) >= 11 is 0. The number of hydrogen-bond donors (Lipinski definition) is 2. The molecule has 1 fully saturated rings. The molecule has 0 amide bonds. The van der Waals surface area contributed by atoms with Gasteiger partial charge in [0.05, 0.1) is 49.9 Å². The molecule has 2 aromatic heterocycles. The van der Waals surface area contributed by atoms with Gasteiger partial charge in [-0.15, -0.1) is 0 Å². The predicted octanol–water partition coefficient (Wildman–Crippen LogP) is 10.3. The highest BCUT2D eigenvalue weighted by Gasteiger charge is 2.30. The Hall–Kier alpha value is -2.75. The van der Waals surface area contributed by atoms with Gasteiger partial charge < -0.3 is 33.9 Å². The van der Waals surface area contributed by atoms with E-state index in [9.17, 15) is 14.5 Å². The summed E-state index contributed by atoms with van der Waals surface area (Å²) in [6, 6.07) is 9.88. The number of fused-ring (bicyclic) bond motifs is 1. The Morgan fingerprint density at radius 1 is 0.944 bits per heavy atom. The molecule has 3 N–H and O–H groups in total. The standard InChI is InChI=1S/C39H59FN5O6P.C2H6/c1-2-3-4-5-6-7-8-9-10-11-12-13-14-15-16-21-47-27-35(48-26-32-22-31(25-41)23-33(40)24-32)29-50-52(46)49-28-34-17-20-38(51-34)36-18-19-37-39(42)43-30-44-45(36)37;1-2/h18-19,22-24,30,34-35,38,46H,2-17,20-21,26-29H2,1H3,(H2,42,43,44);1-2H3.